The third kappa shape index (κ3) is 3.68. The first-order valence-electron chi connectivity index (χ1n) is 6.30. The molecule has 2 unspecified atom stereocenters. The summed E-state index contributed by atoms with van der Waals surface area (Å²) in [5.74, 6) is 0.255. The van der Waals surface area contributed by atoms with Crippen molar-refractivity contribution in [3.63, 3.8) is 0 Å². The van der Waals surface area contributed by atoms with E-state index in [-0.39, 0.29) is 23.8 Å². The Morgan fingerprint density at radius 3 is 2.71 bits per heavy atom. The molecule has 1 saturated carbocycles. The highest BCUT2D eigenvalue weighted by Crippen LogP contribution is 2.43. The second-order valence-electron chi connectivity index (χ2n) is 5.76. The van der Waals surface area contributed by atoms with E-state index in [9.17, 15) is 9.90 Å². The largest absolute Gasteiger partial charge is 0.389 e. The van der Waals surface area contributed by atoms with Gasteiger partial charge in [0.05, 0.1) is 12.7 Å². The maximum absolute atomic E-state index is 12.3. The van der Waals surface area contributed by atoms with E-state index in [2.05, 4.69) is 13.8 Å². The van der Waals surface area contributed by atoms with Gasteiger partial charge in [-0.2, -0.15) is 0 Å². The van der Waals surface area contributed by atoms with Crippen LogP contribution in [0.3, 0.4) is 0 Å². The van der Waals surface area contributed by atoms with E-state index < -0.39 is 6.10 Å². The van der Waals surface area contributed by atoms with Crippen LogP contribution in [0.2, 0.25) is 0 Å². The van der Waals surface area contributed by atoms with Gasteiger partial charge >= 0.3 is 0 Å². The number of ether oxygens (including phenoxy) is 1. The molecule has 1 fully saturated rings. The van der Waals surface area contributed by atoms with E-state index in [0.29, 0.717) is 6.54 Å². The highest BCUT2D eigenvalue weighted by atomic mass is 16.5. The van der Waals surface area contributed by atoms with E-state index in [1.165, 1.54) is 0 Å². The fourth-order valence-electron chi connectivity index (χ4n) is 2.70. The molecule has 17 heavy (non-hydrogen) atoms. The molecule has 2 atom stereocenters. The third-order valence-electron chi connectivity index (χ3n) is 3.78. The average Bonchev–Trinajstić information content (AvgIpc) is 2.57. The number of nitrogens with zero attached hydrogens (tertiary/aromatic N) is 1. The number of likely N-dealkylation sites (N-methyl/N-ethyl adjacent to an activating group) is 1. The lowest BCUT2D eigenvalue weighted by molar-refractivity contribution is -0.138. The fourth-order valence-corrected chi connectivity index (χ4v) is 2.70. The zero-order valence-corrected chi connectivity index (χ0v) is 11.4. The monoisotopic (exact) mass is 243 g/mol. The molecule has 4 heteroatoms. The van der Waals surface area contributed by atoms with Gasteiger partial charge in [0.15, 0.2) is 0 Å². The van der Waals surface area contributed by atoms with Crippen molar-refractivity contribution in [2.45, 2.75) is 39.2 Å². The molecule has 4 nitrogen and oxygen atoms in total. The van der Waals surface area contributed by atoms with Gasteiger partial charge in [0, 0.05) is 26.6 Å². The first-order valence-corrected chi connectivity index (χ1v) is 6.30. The Bertz CT molecular complexity index is 265. The summed E-state index contributed by atoms with van der Waals surface area (Å²) in [5, 5.41) is 9.62. The van der Waals surface area contributed by atoms with Gasteiger partial charge in [-0.1, -0.05) is 20.3 Å². The smallest absolute Gasteiger partial charge is 0.226 e. The molecule has 1 rings (SSSR count). The predicted octanol–water partition coefficient (Wildman–Crippen LogP) is 1.28. The molecule has 0 heterocycles. The van der Waals surface area contributed by atoms with Gasteiger partial charge in [0.2, 0.25) is 5.91 Å². The summed E-state index contributed by atoms with van der Waals surface area (Å²) in [7, 11) is 3.31. The molecule has 1 aliphatic rings. The normalized spacial score (nSPS) is 24.6. The van der Waals surface area contributed by atoms with Gasteiger partial charge in [-0.05, 0) is 18.3 Å². The minimum absolute atomic E-state index is 0.0948. The zero-order chi connectivity index (χ0) is 13.1. The van der Waals surface area contributed by atoms with Crippen LogP contribution in [0.5, 0.6) is 0 Å². The SMILES string of the molecule is COCC(O)CN(C)C(=O)C1CCCC1(C)C. The van der Waals surface area contributed by atoms with Gasteiger partial charge in [-0.3, -0.25) is 4.79 Å². The first-order chi connectivity index (χ1) is 7.88. The van der Waals surface area contributed by atoms with Crippen molar-refractivity contribution in [1.82, 2.24) is 4.90 Å². The van der Waals surface area contributed by atoms with Gasteiger partial charge in [0.1, 0.15) is 0 Å². The van der Waals surface area contributed by atoms with Gasteiger partial charge < -0.3 is 14.7 Å². The van der Waals surface area contributed by atoms with E-state index in [0.717, 1.165) is 19.3 Å². The van der Waals surface area contributed by atoms with Crippen molar-refractivity contribution in [2.24, 2.45) is 11.3 Å². The van der Waals surface area contributed by atoms with Crippen LogP contribution in [-0.2, 0) is 9.53 Å². The Morgan fingerprint density at radius 2 is 2.24 bits per heavy atom. The molecule has 0 aromatic rings. The lowest BCUT2D eigenvalue weighted by atomic mass is 9.81. The topological polar surface area (TPSA) is 49.8 Å². The number of carbonyl (C=O) groups excluding carboxylic acids is 1. The van der Waals surface area contributed by atoms with E-state index in [1.54, 1.807) is 19.1 Å². The summed E-state index contributed by atoms with van der Waals surface area (Å²) in [5.41, 5.74) is 0.0948. The van der Waals surface area contributed by atoms with Gasteiger partial charge in [-0.15, -0.1) is 0 Å². The number of hydrogen-bond donors (Lipinski definition) is 1. The lowest BCUT2D eigenvalue weighted by Crippen LogP contribution is -2.42. The van der Waals surface area contributed by atoms with Crippen molar-refractivity contribution < 1.29 is 14.6 Å². The van der Waals surface area contributed by atoms with Crippen molar-refractivity contribution in [1.29, 1.82) is 0 Å². The quantitative estimate of drug-likeness (QED) is 0.791. The van der Waals surface area contributed by atoms with Crippen LogP contribution in [0.25, 0.3) is 0 Å². The zero-order valence-electron chi connectivity index (χ0n) is 11.4. The second-order valence-corrected chi connectivity index (χ2v) is 5.76. The molecule has 1 amide bonds. The molecule has 0 spiro atoms. The fraction of sp³-hybridized carbons (Fsp3) is 0.923. The number of aliphatic hydroxyl groups is 1. The molecular formula is C13H25NO3. The summed E-state index contributed by atoms with van der Waals surface area (Å²) in [6.07, 6.45) is 2.60. The lowest BCUT2D eigenvalue weighted by Gasteiger charge is -2.30. The maximum atomic E-state index is 12.3. The third-order valence-corrected chi connectivity index (χ3v) is 3.78. The Morgan fingerprint density at radius 1 is 1.59 bits per heavy atom. The number of methoxy groups -OCH3 is 1. The van der Waals surface area contributed by atoms with Crippen LogP contribution >= 0.6 is 0 Å². The van der Waals surface area contributed by atoms with Crippen LogP contribution in [0.4, 0.5) is 0 Å². The number of carbonyl (C=O) groups is 1. The minimum atomic E-state index is -0.599. The second kappa shape index (κ2) is 5.83. The minimum Gasteiger partial charge on any atom is -0.389 e. The predicted molar refractivity (Wildman–Crippen MR) is 66.6 cm³/mol. The first kappa shape index (κ1) is 14.5. The van der Waals surface area contributed by atoms with E-state index >= 15 is 0 Å². The molecular weight excluding hydrogens is 218 g/mol. The van der Waals surface area contributed by atoms with Gasteiger partial charge in [0.25, 0.3) is 0 Å². The molecule has 0 bridgehead atoms. The van der Waals surface area contributed by atoms with Crippen LogP contribution in [0.15, 0.2) is 0 Å². The Hall–Kier alpha value is -0.610. The van der Waals surface area contributed by atoms with Crippen LogP contribution < -0.4 is 0 Å². The van der Waals surface area contributed by atoms with Gasteiger partial charge in [-0.25, -0.2) is 0 Å². The molecule has 0 radical (unpaired) electrons. The number of aliphatic hydroxyl groups excluding tert-OH is 1. The number of rotatable bonds is 5. The molecule has 0 aromatic carbocycles. The standard InChI is InChI=1S/C13H25NO3/c1-13(2)7-5-6-11(13)12(16)14(3)8-10(15)9-17-4/h10-11,15H,5-9H2,1-4H3. The van der Waals surface area contributed by atoms with E-state index in [1.807, 2.05) is 0 Å². The summed E-state index contributed by atoms with van der Waals surface area (Å²) in [6, 6.07) is 0. The van der Waals surface area contributed by atoms with Crippen molar-refractivity contribution in [2.75, 3.05) is 27.3 Å². The average molecular weight is 243 g/mol. The summed E-state index contributed by atoms with van der Waals surface area (Å²) >= 11 is 0. The summed E-state index contributed by atoms with van der Waals surface area (Å²) in [6.45, 7) is 4.93. The van der Waals surface area contributed by atoms with E-state index in [4.69, 9.17) is 4.74 Å². The Kier molecular flexibility index (Phi) is 4.95. The maximum Gasteiger partial charge on any atom is 0.226 e. The highest BCUT2D eigenvalue weighted by molar-refractivity contribution is 5.79. The molecule has 0 saturated heterocycles. The summed E-state index contributed by atoms with van der Waals surface area (Å²) < 4.78 is 4.86. The molecule has 0 aromatic heterocycles. The Balaban J connectivity index is 2.52. The van der Waals surface area contributed by atoms with Crippen molar-refractivity contribution in [3.05, 3.63) is 0 Å². The number of hydrogen-bond acceptors (Lipinski definition) is 3. The Labute approximate surface area is 104 Å². The molecule has 1 aliphatic carbocycles. The van der Waals surface area contributed by atoms with Crippen LogP contribution in [0.1, 0.15) is 33.1 Å². The van der Waals surface area contributed by atoms with Crippen molar-refractivity contribution in [3.8, 4) is 0 Å². The highest BCUT2D eigenvalue weighted by Gasteiger charge is 2.40. The molecule has 100 valence electrons. The van der Waals surface area contributed by atoms with Crippen LogP contribution in [0, 0.1) is 11.3 Å². The van der Waals surface area contributed by atoms with Crippen LogP contribution in [-0.4, -0.2) is 49.3 Å². The molecule has 1 N–H and O–H groups in total. The molecule has 0 aliphatic heterocycles. The number of amides is 1. The van der Waals surface area contributed by atoms with Crippen molar-refractivity contribution >= 4 is 5.91 Å². The summed E-state index contributed by atoms with van der Waals surface area (Å²) in [4.78, 5) is 13.9.